The van der Waals surface area contributed by atoms with E-state index in [1.165, 1.54) is 12.5 Å². The van der Waals surface area contributed by atoms with Crippen LogP contribution in [0.2, 0.25) is 5.02 Å². The summed E-state index contributed by atoms with van der Waals surface area (Å²) in [4.78, 5) is 0. The van der Waals surface area contributed by atoms with Crippen LogP contribution in [0.5, 0.6) is 0 Å². The minimum atomic E-state index is -0.640. The second-order valence-electron chi connectivity index (χ2n) is 4.71. The van der Waals surface area contributed by atoms with Gasteiger partial charge in [-0.3, -0.25) is 0 Å². The SMILES string of the molecule is OC1(Cc2ccc(Cl)c(F)c2)CCCCC1. The van der Waals surface area contributed by atoms with E-state index in [4.69, 9.17) is 11.6 Å². The molecule has 16 heavy (non-hydrogen) atoms. The summed E-state index contributed by atoms with van der Waals surface area (Å²) in [6.07, 6.45) is 5.48. The molecule has 0 atom stereocenters. The lowest BCUT2D eigenvalue weighted by molar-refractivity contribution is 0.00445. The van der Waals surface area contributed by atoms with E-state index in [0.29, 0.717) is 6.42 Å². The summed E-state index contributed by atoms with van der Waals surface area (Å²) >= 11 is 5.62. The monoisotopic (exact) mass is 242 g/mol. The average Bonchev–Trinajstić information content (AvgIpc) is 2.24. The third-order valence-corrected chi connectivity index (χ3v) is 3.61. The van der Waals surface area contributed by atoms with Crippen molar-refractivity contribution in [2.75, 3.05) is 0 Å². The fourth-order valence-corrected chi connectivity index (χ4v) is 2.53. The Bertz CT molecular complexity index is 372. The largest absolute Gasteiger partial charge is 0.390 e. The van der Waals surface area contributed by atoms with Crippen molar-refractivity contribution in [1.82, 2.24) is 0 Å². The lowest BCUT2D eigenvalue weighted by Gasteiger charge is -2.32. The zero-order chi connectivity index (χ0) is 11.6. The van der Waals surface area contributed by atoms with Gasteiger partial charge in [0.15, 0.2) is 0 Å². The van der Waals surface area contributed by atoms with Crippen LogP contribution in [0.25, 0.3) is 0 Å². The number of hydrogen-bond acceptors (Lipinski definition) is 1. The van der Waals surface area contributed by atoms with Gasteiger partial charge in [0.2, 0.25) is 0 Å². The summed E-state index contributed by atoms with van der Waals surface area (Å²) in [5.74, 6) is -0.404. The first kappa shape index (κ1) is 11.9. The fraction of sp³-hybridized carbons (Fsp3) is 0.538. The van der Waals surface area contributed by atoms with Gasteiger partial charge in [-0.05, 0) is 30.5 Å². The van der Waals surface area contributed by atoms with Crippen LogP contribution in [-0.4, -0.2) is 10.7 Å². The molecule has 0 spiro atoms. The van der Waals surface area contributed by atoms with Gasteiger partial charge in [-0.15, -0.1) is 0 Å². The minimum Gasteiger partial charge on any atom is -0.390 e. The molecule has 0 bridgehead atoms. The summed E-state index contributed by atoms with van der Waals surface area (Å²) in [6.45, 7) is 0. The summed E-state index contributed by atoms with van der Waals surface area (Å²) in [6, 6.07) is 4.77. The molecule has 1 aliphatic carbocycles. The van der Waals surface area contributed by atoms with E-state index in [2.05, 4.69) is 0 Å². The van der Waals surface area contributed by atoms with Gasteiger partial charge in [0, 0.05) is 6.42 Å². The lowest BCUT2D eigenvalue weighted by Crippen LogP contribution is -2.33. The smallest absolute Gasteiger partial charge is 0.142 e. The molecule has 1 aliphatic rings. The van der Waals surface area contributed by atoms with Crippen LogP contribution in [0.3, 0.4) is 0 Å². The van der Waals surface area contributed by atoms with Crippen molar-refractivity contribution >= 4 is 11.6 Å². The van der Waals surface area contributed by atoms with Crippen molar-refractivity contribution in [2.45, 2.75) is 44.1 Å². The van der Waals surface area contributed by atoms with E-state index in [0.717, 1.165) is 31.2 Å². The molecule has 1 aromatic carbocycles. The number of halogens is 2. The van der Waals surface area contributed by atoms with Crippen molar-refractivity contribution in [3.8, 4) is 0 Å². The maximum atomic E-state index is 13.2. The molecule has 0 aliphatic heterocycles. The molecular weight excluding hydrogens is 227 g/mol. The normalized spacial score (nSPS) is 19.7. The van der Waals surface area contributed by atoms with Crippen molar-refractivity contribution in [2.24, 2.45) is 0 Å². The van der Waals surface area contributed by atoms with Gasteiger partial charge in [-0.2, -0.15) is 0 Å². The molecule has 1 nitrogen and oxygen atoms in total. The van der Waals surface area contributed by atoms with Gasteiger partial charge in [0.25, 0.3) is 0 Å². The molecule has 1 aromatic rings. The van der Waals surface area contributed by atoms with Crippen molar-refractivity contribution in [1.29, 1.82) is 0 Å². The second-order valence-corrected chi connectivity index (χ2v) is 5.12. The third kappa shape index (κ3) is 2.74. The Morgan fingerprint density at radius 2 is 1.94 bits per heavy atom. The van der Waals surface area contributed by atoms with Gasteiger partial charge in [0.1, 0.15) is 5.82 Å². The molecule has 0 saturated heterocycles. The Morgan fingerprint density at radius 3 is 2.56 bits per heavy atom. The van der Waals surface area contributed by atoms with E-state index in [-0.39, 0.29) is 5.02 Å². The number of hydrogen-bond donors (Lipinski definition) is 1. The molecule has 1 N–H and O–H groups in total. The molecule has 88 valence electrons. The van der Waals surface area contributed by atoms with Crippen molar-refractivity contribution < 1.29 is 9.50 Å². The third-order valence-electron chi connectivity index (χ3n) is 3.30. The maximum absolute atomic E-state index is 13.2. The molecule has 0 aromatic heterocycles. The molecule has 2 rings (SSSR count). The van der Waals surface area contributed by atoms with Crippen LogP contribution >= 0.6 is 11.6 Å². The zero-order valence-corrected chi connectivity index (χ0v) is 9.93. The minimum absolute atomic E-state index is 0.138. The molecular formula is C13H16ClFO. The van der Waals surface area contributed by atoms with E-state index in [9.17, 15) is 9.50 Å². The second kappa shape index (κ2) is 4.72. The maximum Gasteiger partial charge on any atom is 0.142 e. The molecule has 0 unspecified atom stereocenters. The Labute approximate surface area is 100 Å². The number of benzene rings is 1. The molecule has 3 heteroatoms. The molecule has 1 saturated carbocycles. The first-order valence-electron chi connectivity index (χ1n) is 5.75. The van der Waals surface area contributed by atoms with Gasteiger partial charge < -0.3 is 5.11 Å². The van der Waals surface area contributed by atoms with Gasteiger partial charge in [-0.1, -0.05) is 36.9 Å². The predicted octanol–water partition coefficient (Wildman–Crippen LogP) is 3.72. The number of aliphatic hydroxyl groups is 1. The van der Waals surface area contributed by atoms with Crippen LogP contribution in [-0.2, 0) is 6.42 Å². The Balaban J connectivity index is 2.10. The van der Waals surface area contributed by atoms with Gasteiger partial charge in [0.05, 0.1) is 10.6 Å². The molecule has 0 amide bonds. The van der Waals surface area contributed by atoms with Crippen LogP contribution < -0.4 is 0 Å². The van der Waals surface area contributed by atoms with Crippen molar-refractivity contribution in [3.05, 3.63) is 34.6 Å². The average molecular weight is 243 g/mol. The molecule has 0 heterocycles. The van der Waals surface area contributed by atoms with Crippen molar-refractivity contribution in [3.63, 3.8) is 0 Å². The number of rotatable bonds is 2. The Hall–Kier alpha value is -0.600. The summed E-state index contributed by atoms with van der Waals surface area (Å²) in [5, 5.41) is 10.5. The standard InChI is InChI=1S/C13H16ClFO/c14-11-5-4-10(8-12(11)15)9-13(16)6-2-1-3-7-13/h4-5,8,16H,1-3,6-7,9H2. The predicted molar refractivity (Wildman–Crippen MR) is 63.1 cm³/mol. The van der Waals surface area contributed by atoms with E-state index in [1.807, 2.05) is 0 Å². The van der Waals surface area contributed by atoms with Crippen LogP contribution in [0.1, 0.15) is 37.7 Å². The fourth-order valence-electron chi connectivity index (χ4n) is 2.42. The summed E-state index contributed by atoms with van der Waals surface area (Å²) < 4.78 is 13.2. The van der Waals surface area contributed by atoms with Crippen LogP contribution in [0, 0.1) is 5.82 Å². The van der Waals surface area contributed by atoms with E-state index in [1.54, 1.807) is 12.1 Å². The lowest BCUT2D eigenvalue weighted by atomic mass is 9.80. The topological polar surface area (TPSA) is 20.2 Å². The highest BCUT2D eigenvalue weighted by Crippen LogP contribution is 2.31. The zero-order valence-electron chi connectivity index (χ0n) is 9.18. The quantitative estimate of drug-likeness (QED) is 0.838. The Kier molecular flexibility index (Phi) is 3.50. The summed E-state index contributed by atoms with van der Waals surface area (Å²) in [7, 11) is 0. The highest BCUT2D eigenvalue weighted by Gasteiger charge is 2.29. The van der Waals surface area contributed by atoms with Gasteiger partial charge in [-0.25, -0.2) is 4.39 Å². The molecule has 1 fully saturated rings. The van der Waals surface area contributed by atoms with E-state index >= 15 is 0 Å². The van der Waals surface area contributed by atoms with Crippen LogP contribution in [0.15, 0.2) is 18.2 Å². The highest BCUT2D eigenvalue weighted by atomic mass is 35.5. The first-order valence-corrected chi connectivity index (χ1v) is 6.13. The van der Waals surface area contributed by atoms with Gasteiger partial charge >= 0.3 is 0 Å². The molecule has 0 radical (unpaired) electrons. The van der Waals surface area contributed by atoms with Crippen LogP contribution in [0.4, 0.5) is 4.39 Å². The first-order chi connectivity index (χ1) is 7.59. The highest BCUT2D eigenvalue weighted by molar-refractivity contribution is 6.30. The van der Waals surface area contributed by atoms with E-state index < -0.39 is 11.4 Å². The Morgan fingerprint density at radius 1 is 1.25 bits per heavy atom. The summed E-state index contributed by atoms with van der Waals surface area (Å²) in [5.41, 5.74) is 0.185.